The Morgan fingerprint density at radius 2 is 2.43 bits per heavy atom. The normalized spacial score (nSPS) is 21.0. The van der Waals surface area contributed by atoms with Crippen LogP contribution in [0.15, 0.2) is 24.5 Å². The highest BCUT2D eigenvalue weighted by molar-refractivity contribution is 8.00. The van der Waals surface area contributed by atoms with Crippen LogP contribution in [0, 0.1) is 5.92 Å². The third kappa shape index (κ3) is 4.45. The maximum absolute atomic E-state index is 12.7. The number of hydrogen-bond acceptors (Lipinski definition) is 5. The molecule has 1 aromatic rings. The number of rotatable bonds is 6. The molecule has 0 aromatic carbocycles. The molecule has 124 valence electrons. The summed E-state index contributed by atoms with van der Waals surface area (Å²) in [5.74, 6) is 1.68. The standard InChI is InChI=1S/C16H22N4O2S/c21-15(10-20-12-23-11-16(20)22)19(9-14-3-5-18-7-14)8-13-2-1-4-17-6-13/h1-2,4,6,14,18H,3,5,7-12H2/t14-/m1/s1. The molecular formula is C16H22N4O2S. The number of amides is 2. The predicted octanol–water partition coefficient (Wildman–Crippen LogP) is 0.553. The number of carbonyl (C=O) groups excluding carboxylic acids is 2. The van der Waals surface area contributed by atoms with Gasteiger partial charge in [0.25, 0.3) is 0 Å². The second kappa shape index (κ2) is 7.79. The van der Waals surface area contributed by atoms with E-state index in [1.807, 2.05) is 17.0 Å². The van der Waals surface area contributed by atoms with Crippen molar-refractivity contribution >= 4 is 23.6 Å². The molecule has 1 N–H and O–H groups in total. The first-order chi connectivity index (χ1) is 11.2. The Balaban J connectivity index is 1.65. The zero-order valence-corrected chi connectivity index (χ0v) is 13.9. The van der Waals surface area contributed by atoms with Crippen molar-refractivity contribution in [3.05, 3.63) is 30.1 Å². The van der Waals surface area contributed by atoms with Crippen LogP contribution >= 0.6 is 11.8 Å². The van der Waals surface area contributed by atoms with Gasteiger partial charge in [-0.3, -0.25) is 14.6 Å². The first-order valence-corrected chi connectivity index (χ1v) is 9.11. The summed E-state index contributed by atoms with van der Waals surface area (Å²) in [6, 6.07) is 3.87. The van der Waals surface area contributed by atoms with Crippen LogP contribution in [0.4, 0.5) is 0 Å². The van der Waals surface area contributed by atoms with E-state index in [0.29, 0.717) is 24.1 Å². The van der Waals surface area contributed by atoms with Gasteiger partial charge in [-0.2, -0.15) is 0 Å². The molecule has 2 aliphatic rings. The summed E-state index contributed by atoms with van der Waals surface area (Å²) in [6.07, 6.45) is 4.62. The molecule has 0 bridgehead atoms. The Morgan fingerprint density at radius 3 is 3.09 bits per heavy atom. The average molecular weight is 334 g/mol. The summed E-state index contributed by atoms with van der Waals surface area (Å²) >= 11 is 1.57. The highest BCUT2D eigenvalue weighted by Gasteiger charge is 2.27. The first kappa shape index (κ1) is 16.3. The molecule has 0 spiro atoms. The van der Waals surface area contributed by atoms with E-state index in [4.69, 9.17) is 0 Å². The molecule has 6 nitrogen and oxygen atoms in total. The fourth-order valence-electron chi connectivity index (χ4n) is 2.95. The van der Waals surface area contributed by atoms with E-state index in [0.717, 1.165) is 31.6 Å². The number of thioether (sulfide) groups is 1. The van der Waals surface area contributed by atoms with Crippen LogP contribution in [0.5, 0.6) is 0 Å². The van der Waals surface area contributed by atoms with Gasteiger partial charge in [-0.15, -0.1) is 11.8 Å². The Kier molecular flexibility index (Phi) is 5.51. The molecule has 0 unspecified atom stereocenters. The van der Waals surface area contributed by atoms with Gasteiger partial charge in [0.05, 0.1) is 11.6 Å². The molecule has 7 heteroatoms. The van der Waals surface area contributed by atoms with Crippen molar-refractivity contribution in [2.45, 2.75) is 13.0 Å². The molecule has 3 heterocycles. The van der Waals surface area contributed by atoms with Crippen molar-refractivity contribution in [2.75, 3.05) is 37.8 Å². The van der Waals surface area contributed by atoms with E-state index in [9.17, 15) is 9.59 Å². The SMILES string of the molecule is O=C1CSCN1CC(=O)N(Cc1cccnc1)C[C@@H]1CCNC1. The third-order valence-corrected chi connectivity index (χ3v) is 5.19. The molecule has 0 saturated carbocycles. The van der Waals surface area contributed by atoms with Crippen molar-refractivity contribution in [2.24, 2.45) is 5.92 Å². The highest BCUT2D eigenvalue weighted by Crippen LogP contribution is 2.17. The third-order valence-electron chi connectivity index (χ3n) is 4.24. The summed E-state index contributed by atoms with van der Waals surface area (Å²) in [5, 5.41) is 3.34. The molecule has 1 atom stereocenters. The van der Waals surface area contributed by atoms with E-state index >= 15 is 0 Å². The van der Waals surface area contributed by atoms with Crippen molar-refractivity contribution < 1.29 is 9.59 Å². The second-order valence-corrected chi connectivity index (χ2v) is 7.02. The van der Waals surface area contributed by atoms with Gasteiger partial charge in [0.2, 0.25) is 11.8 Å². The number of aromatic nitrogens is 1. The van der Waals surface area contributed by atoms with Gasteiger partial charge in [-0.1, -0.05) is 6.07 Å². The van der Waals surface area contributed by atoms with E-state index < -0.39 is 0 Å². The molecule has 1 aromatic heterocycles. The number of pyridine rings is 1. The molecule has 2 fully saturated rings. The van der Waals surface area contributed by atoms with Crippen LogP contribution in [0.1, 0.15) is 12.0 Å². The van der Waals surface area contributed by atoms with Crippen LogP contribution in [0.3, 0.4) is 0 Å². The lowest BCUT2D eigenvalue weighted by Crippen LogP contribution is -2.43. The maximum Gasteiger partial charge on any atom is 0.242 e. The summed E-state index contributed by atoms with van der Waals surface area (Å²) in [5.41, 5.74) is 1.02. The largest absolute Gasteiger partial charge is 0.336 e. The first-order valence-electron chi connectivity index (χ1n) is 7.95. The van der Waals surface area contributed by atoms with E-state index in [-0.39, 0.29) is 18.4 Å². The van der Waals surface area contributed by atoms with Gasteiger partial charge in [-0.05, 0) is 37.1 Å². The molecular weight excluding hydrogens is 312 g/mol. The van der Waals surface area contributed by atoms with Crippen LogP contribution in [0.2, 0.25) is 0 Å². The van der Waals surface area contributed by atoms with E-state index in [1.54, 1.807) is 29.1 Å². The number of hydrogen-bond donors (Lipinski definition) is 1. The maximum atomic E-state index is 12.7. The summed E-state index contributed by atoms with van der Waals surface area (Å²) in [6.45, 7) is 3.44. The van der Waals surface area contributed by atoms with Gasteiger partial charge >= 0.3 is 0 Å². The lowest BCUT2D eigenvalue weighted by molar-refractivity contribution is -0.138. The fourth-order valence-corrected chi connectivity index (χ4v) is 3.86. The smallest absolute Gasteiger partial charge is 0.242 e. The fraction of sp³-hybridized carbons (Fsp3) is 0.562. The topological polar surface area (TPSA) is 65.5 Å². The zero-order valence-electron chi connectivity index (χ0n) is 13.1. The summed E-state index contributed by atoms with van der Waals surface area (Å²) < 4.78 is 0. The van der Waals surface area contributed by atoms with Gasteiger partial charge in [0.15, 0.2) is 0 Å². The average Bonchev–Trinajstić information content (AvgIpc) is 3.20. The minimum Gasteiger partial charge on any atom is -0.336 e. The van der Waals surface area contributed by atoms with Crippen molar-refractivity contribution in [1.29, 1.82) is 0 Å². The van der Waals surface area contributed by atoms with Gasteiger partial charge in [0.1, 0.15) is 6.54 Å². The minimum absolute atomic E-state index is 0.0246. The quantitative estimate of drug-likeness (QED) is 0.823. The Labute approximate surface area is 140 Å². The van der Waals surface area contributed by atoms with Crippen molar-refractivity contribution in [3.63, 3.8) is 0 Å². The molecule has 23 heavy (non-hydrogen) atoms. The Hall–Kier alpha value is -1.60. The van der Waals surface area contributed by atoms with Crippen LogP contribution in [0.25, 0.3) is 0 Å². The Bertz CT molecular complexity index is 548. The van der Waals surface area contributed by atoms with Crippen molar-refractivity contribution in [3.8, 4) is 0 Å². The molecule has 0 radical (unpaired) electrons. The van der Waals surface area contributed by atoms with Crippen LogP contribution < -0.4 is 5.32 Å². The molecule has 3 rings (SSSR count). The molecule has 2 aliphatic heterocycles. The van der Waals surface area contributed by atoms with E-state index in [1.165, 1.54) is 0 Å². The van der Waals surface area contributed by atoms with Gasteiger partial charge in [0, 0.05) is 25.5 Å². The minimum atomic E-state index is 0.0246. The predicted molar refractivity (Wildman–Crippen MR) is 89.7 cm³/mol. The molecule has 2 saturated heterocycles. The number of nitrogens with one attached hydrogen (secondary N) is 1. The lowest BCUT2D eigenvalue weighted by atomic mass is 10.1. The second-order valence-electron chi connectivity index (χ2n) is 6.06. The molecule has 2 amide bonds. The van der Waals surface area contributed by atoms with Crippen LogP contribution in [-0.2, 0) is 16.1 Å². The van der Waals surface area contributed by atoms with Crippen LogP contribution in [-0.4, -0.2) is 64.4 Å². The van der Waals surface area contributed by atoms with Gasteiger partial charge < -0.3 is 15.1 Å². The number of carbonyl (C=O) groups is 2. The lowest BCUT2D eigenvalue weighted by Gasteiger charge is -2.27. The summed E-state index contributed by atoms with van der Waals surface area (Å²) in [7, 11) is 0. The van der Waals surface area contributed by atoms with Gasteiger partial charge in [-0.25, -0.2) is 0 Å². The molecule has 0 aliphatic carbocycles. The summed E-state index contributed by atoms with van der Waals surface area (Å²) in [4.78, 5) is 32.1. The number of nitrogens with zero attached hydrogens (tertiary/aromatic N) is 3. The monoisotopic (exact) mass is 334 g/mol. The highest BCUT2D eigenvalue weighted by atomic mass is 32.2. The zero-order chi connectivity index (χ0) is 16.1. The Morgan fingerprint density at radius 1 is 1.52 bits per heavy atom. The van der Waals surface area contributed by atoms with E-state index in [2.05, 4.69) is 10.3 Å². The van der Waals surface area contributed by atoms with Crippen molar-refractivity contribution in [1.82, 2.24) is 20.1 Å².